The van der Waals surface area contributed by atoms with Crippen molar-refractivity contribution in [2.45, 2.75) is 52.2 Å². The van der Waals surface area contributed by atoms with Crippen LogP contribution >= 0.6 is 11.5 Å². The maximum atomic E-state index is 10.4. The molecule has 1 atom stereocenters. The quantitative estimate of drug-likeness (QED) is 0.883. The summed E-state index contributed by atoms with van der Waals surface area (Å²) in [5.74, 6) is 1.19. The summed E-state index contributed by atoms with van der Waals surface area (Å²) in [6, 6.07) is 0. The van der Waals surface area contributed by atoms with Crippen LogP contribution in [0.1, 0.15) is 55.6 Å². The molecule has 0 radical (unpaired) electrons. The van der Waals surface area contributed by atoms with E-state index in [1.807, 2.05) is 6.20 Å². The molecule has 0 aliphatic rings. The number of imidazole rings is 1. The summed E-state index contributed by atoms with van der Waals surface area (Å²) < 4.78 is 6.05. The van der Waals surface area contributed by atoms with Crippen molar-refractivity contribution in [2.75, 3.05) is 0 Å². The minimum absolute atomic E-state index is 0.277. The first kappa shape index (κ1) is 14.1. The van der Waals surface area contributed by atoms with Gasteiger partial charge in [-0.15, -0.1) is 5.10 Å². The van der Waals surface area contributed by atoms with Crippen LogP contribution < -0.4 is 0 Å². The van der Waals surface area contributed by atoms with Crippen molar-refractivity contribution in [2.24, 2.45) is 0 Å². The highest BCUT2D eigenvalue weighted by atomic mass is 32.1. The maximum Gasteiger partial charge on any atom is 0.111 e. The Morgan fingerprint density at radius 1 is 1.42 bits per heavy atom. The molecule has 2 aromatic rings. The average Bonchev–Trinajstić information content (AvgIpc) is 2.98. The van der Waals surface area contributed by atoms with Crippen LogP contribution in [0.25, 0.3) is 0 Å². The lowest BCUT2D eigenvalue weighted by Gasteiger charge is -2.12. The summed E-state index contributed by atoms with van der Waals surface area (Å²) in [4.78, 5) is 5.19. The molecule has 5 nitrogen and oxygen atoms in total. The van der Waals surface area contributed by atoms with E-state index in [1.165, 1.54) is 11.5 Å². The molecule has 0 bridgehead atoms. The molecule has 0 fully saturated rings. The SMILES string of the molecule is CCCn1ccnc1CC(O)c1snnc1C(C)C. The average molecular weight is 280 g/mol. The van der Waals surface area contributed by atoms with E-state index in [2.05, 4.69) is 39.9 Å². The summed E-state index contributed by atoms with van der Waals surface area (Å²) in [7, 11) is 0. The van der Waals surface area contributed by atoms with E-state index in [0.717, 1.165) is 29.4 Å². The summed E-state index contributed by atoms with van der Waals surface area (Å²) in [5, 5.41) is 14.5. The Bertz CT molecular complexity index is 520. The number of nitrogens with zero attached hydrogens (tertiary/aromatic N) is 4. The van der Waals surface area contributed by atoms with Gasteiger partial charge in [-0.3, -0.25) is 0 Å². The molecule has 0 aromatic carbocycles. The number of aliphatic hydroxyl groups is 1. The number of aliphatic hydroxyl groups excluding tert-OH is 1. The van der Waals surface area contributed by atoms with Gasteiger partial charge < -0.3 is 9.67 Å². The summed E-state index contributed by atoms with van der Waals surface area (Å²) in [5.41, 5.74) is 0.895. The number of hydrogen-bond donors (Lipinski definition) is 1. The second kappa shape index (κ2) is 6.25. The van der Waals surface area contributed by atoms with Crippen LogP contribution in [0.5, 0.6) is 0 Å². The van der Waals surface area contributed by atoms with Crippen molar-refractivity contribution in [3.05, 3.63) is 28.8 Å². The van der Waals surface area contributed by atoms with Crippen molar-refractivity contribution < 1.29 is 5.11 Å². The van der Waals surface area contributed by atoms with Crippen molar-refractivity contribution in [1.29, 1.82) is 0 Å². The van der Waals surface area contributed by atoms with E-state index < -0.39 is 6.10 Å². The zero-order chi connectivity index (χ0) is 13.8. The second-order valence-corrected chi connectivity index (χ2v) is 5.72. The molecule has 2 heterocycles. The van der Waals surface area contributed by atoms with Gasteiger partial charge in [0, 0.05) is 25.4 Å². The lowest BCUT2D eigenvalue weighted by molar-refractivity contribution is 0.176. The molecule has 1 unspecified atom stereocenters. The van der Waals surface area contributed by atoms with E-state index in [4.69, 9.17) is 0 Å². The third-order valence-electron chi connectivity index (χ3n) is 3.03. The standard InChI is InChI=1S/C13H20N4OS/c1-4-6-17-7-5-14-11(17)8-10(18)13-12(9(2)3)15-16-19-13/h5,7,9-10,18H,4,6,8H2,1-3H3. The molecule has 0 aliphatic carbocycles. The van der Waals surface area contributed by atoms with E-state index in [9.17, 15) is 5.11 Å². The molecular formula is C13H20N4OS. The van der Waals surface area contributed by atoms with Crippen LogP contribution in [0, 0.1) is 0 Å². The molecule has 0 amide bonds. The first-order chi connectivity index (χ1) is 9.13. The molecule has 2 rings (SSSR count). The van der Waals surface area contributed by atoms with Crippen molar-refractivity contribution in [3.63, 3.8) is 0 Å². The first-order valence-corrected chi connectivity index (χ1v) is 7.41. The van der Waals surface area contributed by atoms with Crippen LogP contribution in [0.4, 0.5) is 0 Å². The van der Waals surface area contributed by atoms with E-state index in [-0.39, 0.29) is 5.92 Å². The van der Waals surface area contributed by atoms with Crippen molar-refractivity contribution in [1.82, 2.24) is 19.1 Å². The zero-order valence-corrected chi connectivity index (χ0v) is 12.4. The van der Waals surface area contributed by atoms with Gasteiger partial charge in [0.25, 0.3) is 0 Å². The maximum absolute atomic E-state index is 10.4. The first-order valence-electron chi connectivity index (χ1n) is 6.63. The number of aryl methyl sites for hydroxylation is 1. The Balaban J connectivity index is 2.14. The smallest absolute Gasteiger partial charge is 0.111 e. The van der Waals surface area contributed by atoms with Gasteiger partial charge in [-0.05, 0) is 23.9 Å². The third-order valence-corrected chi connectivity index (χ3v) is 3.87. The van der Waals surface area contributed by atoms with Crippen molar-refractivity contribution >= 4 is 11.5 Å². The Morgan fingerprint density at radius 2 is 2.21 bits per heavy atom. The topological polar surface area (TPSA) is 63.8 Å². The molecule has 0 saturated heterocycles. The third kappa shape index (κ3) is 3.19. The lowest BCUT2D eigenvalue weighted by atomic mass is 10.1. The van der Waals surface area contributed by atoms with Crippen LogP contribution in [-0.4, -0.2) is 24.2 Å². The van der Waals surface area contributed by atoms with Gasteiger partial charge >= 0.3 is 0 Å². The number of aromatic nitrogens is 4. The van der Waals surface area contributed by atoms with Gasteiger partial charge in [-0.2, -0.15) is 0 Å². The predicted octanol–water partition coefficient (Wildman–Crippen LogP) is 2.54. The number of rotatable bonds is 6. The molecule has 0 spiro atoms. The second-order valence-electron chi connectivity index (χ2n) is 4.93. The highest BCUT2D eigenvalue weighted by molar-refractivity contribution is 7.05. The molecule has 0 aliphatic heterocycles. The zero-order valence-electron chi connectivity index (χ0n) is 11.6. The van der Waals surface area contributed by atoms with Crippen LogP contribution in [0.3, 0.4) is 0 Å². The Labute approximate surface area is 117 Å². The minimum Gasteiger partial charge on any atom is -0.387 e. The van der Waals surface area contributed by atoms with Crippen LogP contribution in [0.15, 0.2) is 12.4 Å². The molecule has 1 N–H and O–H groups in total. The van der Waals surface area contributed by atoms with E-state index in [0.29, 0.717) is 6.42 Å². The largest absolute Gasteiger partial charge is 0.387 e. The normalized spacial score (nSPS) is 13.1. The van der Waals surface area contributed by atoms with Gasteiger partial charge in [0.05, 0.1) is 16.7 Å². The van der Waals surface area contributed by atoms with Crippen LogP contribution in [-0.2, 0) is 13.0 Å². The minimum atomic E-state index is -0.574. The Morgan fingerprint density at radius 3 is 2.89 bits per heavy atom. The number of hydrogen-bond acceptors (Lipinski definition) is 5. The fraction of sp³-hybridized carbons (Fsp3) is 0.615. The molecule has 0 saturated carbocycles. The Hall–Kier alpha value is -1.27. The monoisotopic (exact) mass is 280 g/mol. The van der Waals surface area contributed by atoms with E-state index >= 15 is 0 Å². The fourth-order valence-corrected chi connectivity index (χ4v) is 2.87. The predicted molar refractivity (Wildman–Crippen MR) is 75.2 cm³/mol. The highest BCUT2D eigenvalue weighted by Gasteiger charge is 2.21. The summed E-state index contributed by atoms with van der Waals surface area (Å²) in [6.45, 7) is 7.18. The van der Waals surface area contributed by atoms with E-state index in [1.54, 1.807) is 6.20 Å². The molecule has 6 heteroatoms. The molecular weight excluding hydrogens is 260 g/mol. The summed E-state index contributed by atoms with van der Waals surface area (Å²) >= 11 is 1.28. The summed E-state index contributed by atoms with van der Waals surface area (Å²) in [6.07, 6.45) is 4.73. The van der Waals surface area contributed by atoms with Gasteiger partial charge in [0.1, 0.15) is 5.82 Å². The lowest BCUT2D eigenvalue weighted by Crippen LogP contribution is -2.09. The highest BCUT2D eigenvalue weighted by Crippen LogP contribution is 2.28. The van der Waals surface area contributed by atoms with Gasteiger partial charge in [-0.25, -0.2) is 4.98 Å². The van der Waals surface area contributed by atoms with Gasteiger partial charge in [0.2, 0.25) is 0 Å². The molecule has 19 heavy (non-hydrogen) atoms. The molecule has 2 aromatic heterocycles. The van der Waals surface area contributed by atoms with Crippen LogP contribution in [0.2, 0.25) is 0 Å². The molecule has 104 valence electrons. The van der Waals surface area contributed by atoms with Gasteiger partial charge in [0.15, 0.2) is 0 Å². The fourth-order valence-electron chi connectivity index (χ4n) is 2.08. The Kier molecular flexibility index (Phi) is 4.66. The van der Waals surface area contributed by atoms with Gasteiger partial charge in [-0.1, -0.05) is 25.3 Å². The van der Waals surface area contributed by atoms with Crippen molar-refractivity contribution in [3.8, 4) is 0 Å².